The number of furan rings is 1. The molecule has 2 aliphatic rings. The van der Waals surface area contributed by atoms with Crippen molar-refractivity contribution in [2.45, 2.75) is 37.7 Å². The second-order valence-electron chi connectivity index (χ2n) is 7.59. The molecule has 1 saturated carbocycles. The Labute approximate surface area is 144 Å². The van der Waals surface area contributed by atoms with Crippen LogP contribution in [0.25, 0.3) is 0 Å². The monoisotopic (exact) mass is 325 g/mol. The molecular weight excluding hydrogens is 298 g/mol. The summed E-state index contributed by atoms with van der Waals surface area (Å²) < 4.78 is 5.60. The summed E-state index contributed by atoms with van der Waals surface area (Å²) in [5, 5.41) is 11.5. The van der Waals surface area contributed by atoms with Crippen LogP contribution in [0.3, 0.4) is 0 Å². The fraction of sp³-hybridized carbons (Fsp3) is 0.524. The summed E-state index contributed by atoms with van der Waals surface area (Å²) in [4.78, 5) is 2.56. The van der Waals surface area contributed by atoms with Crippen LogP contribution in [0.4, 0.5) is 0 Å². The van der Waals surface area contributed by atoms with Crippen LogP contribution in [0, 0.1) is 11.8 Å². The number of benzene rings is 1. The van der Waals surface area contributed by atoms with Crippen LogP contribution >= 0.6 is 0 Å². The molecule has 2 aromatic rings. The van der Waals surface area contributed by atoms with Crippen LogP contribution in [0.2, 0.25) is 0 Å². The van der Waals surface area contributed by atoms with Gasteiger partial charge in [-0.15, -0.1) is 0 Å². The molecule has 0 unspecified atom stereocenters. The summed E-state index contributed by atoms with van der Waals surface area (Å²) in [6.45, 7) is 3.28. The van der Waals surface area contributed by atoms with E-state index in [4.69, 9.17) is 4.42 Å². The van der Waals surface area contributed by atoms with Gasteiger partial charge in [-0.2, -0.15) is 0 Å². The van der Waals surface area contributed by atoms with Gasteiger partial charge < -0.3 is 14.4 Å². The zero-order valence-corrected chi connectivity index (χ0v) is 14.2. The predicted molar refractivity (Wildman–Crippen MR) is 94.7 cm³/mol. The fourth-order valence-electron chi connectivity index (χ4n) is 4.59. The molecule has 1 aliphatic heterocycles. The van der Waals surface area contributed by atoms with Gasteiger partial charge in [0.25, 0.3) is 0 Å². The minimum Gasteiger partial charge on any atom is -0.466 e. The first-order valence-corrected chi connectivity index (χ1v) is 9.28. The van der Waals surface area contributed by atoms with Crippen molar-refractivity contribution in [2.24, 2.45) is 11.8 Å². The molecule has 4 rings (SSSR count). The molecule has 2 bridgehead atoms. The van der Waals surface area contributed by atoms with E-state index in [1.807, 2.05) is 42.5 Å². The summed E-state index contributed by atoms with van der Waals surface area (Å²) in [6, 6.07) is 13.7. The predicted octanol–water partition coefficient (Wildman–Crippen LogP) is 4.03. The second-order valence-corrected chi connectivity index (χ2v) is 7.59. The minimum atomic E-state index is -1.05. The lowest BCUT2D eigenvalue weighted by Crippen LogP contribution is -2.36. The van der Waals surface area contributed by atoms with E-state index >= 15 is 0 Å². The molecule has 0 radical (unpaired) electrons. The number of nitrogens with zero attached hydrogens (tertiary/aromatic N) is 1. The van der Waals surface area contributed by atoms with Gasteiger partial charge in [-0.25, -0.2) is 0 Å². The summed E-state index contributed by atoms with van der Waals surface area (Å²) in [5.41, 5.74) is -0.132. The summed E-state index contributed by atoms with van der Waals surface area (Å²) >= 11 is 0. The van der Waals surface area contributed by atoms with Gasteiger partial charge >= 0.3 is 0 Å². The lowest BCUT2D eigenvalue weighted by molar-refractivity contribution is 0.0349. The fourth-order valence-corrected chi connectivity index (χ4v) is 4.59. The van der Waals surface area contributed by atoms with E-state index in [0.29, 0.717) is 12.2 Å². The topological polar surface area (TPSA) is 36.6 Å². The molecule has 0 amide bonds. The average Bonchev–Trinajstić information content (AvgIpc) is 3.25. The normalized spacial score (nSPS) is 26.9. The third kappa shape index (κ3) is 3.15. The van der Waals surface area contributed by atoms with E-state index in [2.05, 4.69) is 4.90 Å². The zero-order valence-electron chi connectivity index (χ0n) is 14.2. The van der Waals surface area contributed by atoms with Gasteiger partial charge in [0.05, 0.1) is 6.26 Å². The van der Waals surface area contributed by atoms with Gasteiger partial charge in [0.2, 0.25) is 0 Å². The Hall–Kier alpha value is -1.58. The van der Waals surface area contributed by atoms with Crippen molar-refractivity contribution >= 4 is 0 Å². The largest absolute Gasteiger partial charge is 0.466 e. The van der Waals surface area contributed by atoms with Gasteiger partial charge in [-0.1, -0.05) is 36.8 Å². The Morgan fingerprint density at radius 1 is 1.04 bits per heavy atom. The quantitative estimate of drug-likeness (QED) is 0.902. The van der Waals surface area contributed by atoms with Gasteiger partial charge in [0.15, 0.2) is 0 Å². The molecule has 128 valence electrons. The average molecular weight is 325 g/mol. The Morgan fingerprint density at radius 2 is 1.88 bits per heavy atom. The van der Waals surface area contributed by atoms with Crippen molar-refractivity contribution < 1.29 is 9.52 Å². The molecule has 1 aromatic carbocycles. The van der Waals surface area contributed by atoms with E-state index < -0.39 is 5.60 Å². The Morgan fingerprint density at radius 3 is 2.67 bits per heavy atom. The number of hydrogen-bond donors (Lipinski definition) is 1. The van der Waals surface area contributed by atoms with Crippen LogP contribution in [-0.4, -0.2) is 29.6 Å². The highest BCUT2D eigenvalue weighted by Crippen LogP contribution is 2.38. The van der Waals surface area contributed by atoms with E-state index in [1.165, 1.54) is 38.8 Å². The lowest BCUT2D eigenvalue weighted by atomic mass is 9.87. The summed E-state index contributed by atoms with van der Waals surface area (Å²) in [5.74, 6) is 2.45. The minimum absolute atomic E-state index is 0.644. The first kappa shape index (κ1) is 15.9. The number of fused-ring (bicyclic) bond motifs is 2. The smallest absolute Gasteiger partial charge is 0.148 e. The van der Waals surface area contributed by atoms with E-state index in [1.54, 1.807) is 6.26 Å². The van der Waals surface area contributed by atoms with Gasteiger partial charge in [0.1, 0.15) is 11.4 Å². The van der Waals surface area contributed by atoms with Crippen molar-refractivity contribution in [3.05, 3.63) is 60.1 Å². The van der Waals surface area contributed by atoms with Gasteiger partial charge in [-0.05, 0) is 55.3 Å². The molecular formula is C21H27NO2. The molecule has 1 aromatic heterocycles. The molecule has 3 heteroatoms. The van der Waals surface area contributed by atoms with Crippen molar-refractivity contribution in [3.8, 4) is 0 Å². The summed E-state index contributed by atoms with van der Waals surface area (Å²) in [7, 11) is 0. The third-order valence-corrected chi connectivity index (χ3v) is 5.99. The molecule has 2 heterocycles. The first-order chi connectivity index (χ1) is 11.7. The molecule has 3 atom stereocenters. The first-order valence-electron chi connectivity index (χ1n) is 9.28. The SMILES string of the molecule is O[C@](CCN1CC[C@@H]2CC[C@@H](C2)C1)(c1ccccc1)c1ccco1. The number of aliphatic hydroxyl groups is 1. The van der Waals surface area contributed by atoms with Crippen LogP contribution in [0.5, 0.6) is 0 Å². The maximum atomic E-state index is 11.5. The van der Waals surface area contributed by atoms with Gasteiger partial charge in [-0.3, -0.25) is 0 Å². The van der Waals surface area contributed by atoms with Crippen LogP contribution in [0.1, 0.15) is 43.4 Å². The maximum Gasteiger partial charge on any atom is 0.148 e. The lowest BCUT2D eigenvalue weighted by Gasteiger charge is -2.31. The van der Waals surface area contributed by atoms with Crippen LogP contribution in [0.15, 0.2) is 53.1 Å². The van der Waals surface area contributed by atoms with Crippen molar-refractivity contribution in [1.29, 1.82) is 0 Å². The number of rotatable bonds is 5. The molecule has 1 N–H and O–H groups in total. The van der Waals surface area contributed by atoms with Gasteiger partial charge in [0, 0.05) is 19.5 Å². The highest BCUT2D eigenvalue weighted by Gasteiger charge is 2.36. The molecule has 1 aliphatic carbocycles. The molecule has 24 heavy (non-hydrogen) atoms. The molecule has 2 fully saturated rings. The van der Waals surface area contributed by atoms with Crippen molar-refractivity contribution in [1.82, 2.24) is 4.90 Å². The Kier molecular flexibility index (Phi) is 4.47. The number of hydrogen-bond acceptors (Lipinski definition) is 3. The zero-order chi connectivity index (χ0) is 16.4. The van der Waals surface area contributed by atoms with E-state index in [0.717, 1.165) is 23.9 Å². The van der Waals surface area contributed by atoms with E-state index in [9.17, 15) is 5.11 Å². The third-order valence-electron chi connectivity index (χ3n) is 5.99. The Bertz CT molecular complexity index is 639. The molecule has 3 nitrogen and oxygen atoms in total. The standard InChI is InChI=1S/C21H27NO2/c23-21(20-7-4-14-24-20,19-5-2-1-3-6-19)11-13-22-12-10-17-8-9-18(15-17)16-22/h1-7,14,17-18,23H,8-13,15-16H2/t17-,18-,21+/m0/s1. The molecule has 0 spiro atoms. The van der Waals surface area contributed by atoms with Crippen LogP contribution in [-0.2, 0) is 5.60 Å². The van der Waals surface area contributed by atoms with Crippen LogP contribution < -0.4 is 0 Å². The molecule has 1 saturated heterocycles. The highest BCUT2D eigenvalue weighted by atomic mass is 16.4. The van der Waals surface area contributed by atoms with Crippen molar-refractivity contribution in [2.75, 3.05) is 19.6 Å². The van der Waals surface area contributed by atoms with Crippen molar-refractivity contribution in [3.63, 3.8) is 0 Å². The highest BCUT2D eigenvalue weighted by molar-refractivity contribution is 5.30. The second kappa shape index (κ2) is 6.73. The number of likely N-dealkylation sites (tertiary alicyclic amines) is 1. The maximum absolute atomic E-state index is 11.5. The summed E-state index contributed by atoms with van der Waals surface area (Å²) in [6.07, 6.45) is 7.87. The van der Waals surface area contributed by atoms with E-state index in [-0.39, 0.29) is 0 Å². The Balaban J connectivity index is 1.50.